The van der Waals surface area contributed by atoms with Gasteiger partial charge >= 0.3 is 0 Å². The molecule has 0 heterocycles. The second kappa shape index (κ2) is 1.87. The second-order valence-electron chi connectivity index (χ2n) is 4.91. The van der Waals surface area contributed by atoms with Gasteiger partial charge in [-0.05, 0) is 23.7 Å². The average Bonchev–Trinajstić information content (AvgIpc) is 1.58. The summed E-state index contributed by atoms with van der Waals surface area (Å²) in [6, 6.07) is 0. The Bertz CT molecular complexity index is 149. The Labute approximate surface area is 64.3 Å². The third-order valence-electron chi connectivity index (χ3n) is 3.09. The van der Waals surface area contributed by atoms with Gasteiger partial charge in [0, 0.05) is 0 Å². The highest BCUT2D eigenvalue weighted by Gasteiger charge is 2.44. The van der Waals surface area contributed by atoms with Crippen molar-refractivity contribution in [3.8, 4) is 0 Å². The molecule has 1 aliphatic rings. The first kappa shape index (κ1) is 7.84. The van der Waals surface area contributed by atoms with Crippen LogP contribution in [0.15, 0.2) is 12.2 Å². The number of rotatable bonds is 0. The molecule has 0 nitrogen and oxygen atoms in total. The van der Waals surface area contributed by atoms with Crippen LogP contribution in [0, 0.1) is 10.8 Å². The van der Waals surface area contributed by atoms with Crippen molar-refractivity contribution in [2.24, 2.45) is 10.8 Å². The Balaban J connectivity index is 2.65. The molecule has 0 amide bonds. The number of hydrogen-bond acceptors (Lipinski definition) is 0. The fourth-order valence-corrected chi connectivity index (χ4v) is 1.58. The van der Waals surface area contributed by atoms with Crippen LogP contribution in [0.5, 0.6) is 0 Å². The lowest BCUT2D eigenvalue weighted by atomic mass is 9.55. The molecule has 0 aromatic carbocycles. The molecule has 1 aliphatic carbocycles. The lowest BCUT2D eigenvalue weighted by Crippen LogP contribution is -2.40. The Hall–Kier alpha value is -0.260. The maximum Gasteiger partial charge on any atom is -0.0203 e. The SMILES string of the molecule is C=C1CC(C)(C(C)(C)C)C1. The van der Waals surface area contributed by atoms with E-state index in [9.17, 15) is 0 Å². The predicted molar refractivity (Wildman–Crippen MR) is 45.9 cm³/mol. The highest BCUT2D eigenvalue weighted by molar-refractivity contribution is 5.16. The molecule has 1 fully saturated rings. The molecule has 0 aliphatic heterocycles. The van der Waals surface area contributed by atoms with Crippen molar-refractivity contribution >= 4 is 0 Å². The average molecular weight is 138 g/mol. The van der Waals surface area contributed by atoms with E-state index in [1.807, 2.05) is 0 Å². The monoisotopic (exact) mass is 138 g/mol. The highest BCUT2D eigenvalue weighted by atomic mass is 14.5. The normalized spacial score (nSPS) is 24.2. The molecule has 0 spiro atoms. The molecule has 1 saturated carbocycles. The standard InChI is InChI=1S/C10H18/c1-8-6-10(5,7-8)9(2,3)4/h1,6-7H2,2-5H3. The van der Waals surface area contributed by atoms with Crippen molar-refractivity contribution in [3.05, 3.63) is 12.2 Å². The molecule has 0 atom stereocenters. The van der Waals surface area contributed by atoms with Gasteiger partial charge in [0.25, 0.3) is 0 Å². The molecular formula is C10H18. The van der Waals surface area contributed by atoms with Crippen molar-refractivity contribution < 1.29 is 0 Å². The molecule has 0 bridgehead atoms. The minimum Gasteiger partial charge on any atom is -0.0998 e. The van der Waals surface area contributed by atoms with Gasteiger partial charge in [-0.3, -0.25) is 0 Å². The van der Waals surface area contributed by atoms with Crippen molar-refractivity contribution in [3.63, 3.8) is 0 Å². The van der Waals surface area contributed by atoms with E-state index in [-0.39, 0.29) is 0 Å². The molecule has 0 N–H and O–H groups in total. The van der Waals surface area contributed by atoms with E-state index in [0.29, 0.717) is 10.8 Å². The van der Waals surface area contributed by atoms with Gasteiger partial charge in [0.2, 0.25) is 0 Å². The lowest BCUT2D eigenvalue weighted by molar-refractivity contribution is 0.0622. The lowest BCUT2D eigenvalue weighted by Gasteiger charge is -2.50. The summed E-state index contributed by atoms with van der Waals surface area (Å²) in [4.78, 5) is 0. The fraction of sp³-hybridized carbons (Fsp3) is 0.800. The zero-order valence-electron chi connectivity index (χ0n) is 7.62. The fourth-order valence-electron chi connectivity index (χ4n) is 1.58. The van der Waals surface area contributed by atoms with E-state index in [4.69, 9.17) is 0 Å². The number of hydrogen-bond donors (Lipinski definition) is 0. The maximum absolute atomic E-state index is 3.97. The van der Waals surface area contributed by atoms with Gasteiger partial charge in [-0.1, -0.05) is 39.8 Å². The van der Waals surface area contributed by atoms with E-state index in [2.05, 4.69) is 34.3 Å². The first-order valence-electron chi connectivity index (χ1n) is 4.02. The van der Waals surface area contributed by atoms with Crippen LogP contribution in [0.4, 0.5) is 0 Å². The van der Waals surface area contributed by atoms with Gasteiger partial charge in [0.1, 0.15) is 0 Å². The topological polar surface area (TPSA) is 0 Å². The Kier molecular flexibility index (Phi) is 1.47. The van der Waals surface area contributed by atoms with Crippen molar-refractivity contribution in [1.82, 2.24) is 0 Å². The van der Waals surface area contributed by atoms with Gasteiger partial charge in [-0.2, -0.15) is 0 Å². The zero-order chi connectivity index (χ0) is 7.99. The number of allylic oxidation sites excluding steroid dienone is 1. The van der Waals surface area contributed by atoms with E-state index in [0.717, 1.165) is 0 Å². The molecule has 0 radical (unpaired) electrons. The van der Waals surface area contributed by atoms with Crippen molar-refractivity contribution in [2.45, 2.75) is 40.5 Å². The summed E-state index contributed by atoms with van der Waals surface area (Å²) in [6.07, 6.45) is 2.47. The summed E-state index contributed by atoms with van der Waals surface area (Å²) in [7, 11) is 0. The second-order valence-corrected chi connectivity index (χ2v) is 4.91. The minimum atomic E-state index is 0.453. The Morgan fingerprint density at radius 3 is 1.80 bits per heavy atom. The van der Waals surface area contributed by atoms with Gasteiger partial charge in [0.15, 0.2) is 0 Å². The van der Waals surface area contributed by atoms with Gasteiger partial charge in [-0.15, -0.1) is 0 Å². The molecule has 0 unspecified atom stereocenters. The minimum absolute atomic E-state index is 0.453. The summed E-state index contributed by atoms with van der Waals surface area (Å²) >= 11 is 0. The van der Waals surface area contributed by atoms with Crippen LogP contribution in [0.3, 0.4) is 0 Å². The van der Waals surface area contributed by atoms with Crippen LogP contribution < -0.4 is 0 Å². The highest BCUT2D eigenvalue weighted by Crippen LogP contribution is 2.55. The summed E-state index contributed by atoms with van der Waals surface area (Å²) in [6.45, 7) is 13.3. The first-order valence-corrected chi connectivity index (χ1v) is 4.02. The van der Waals surface area contributed by atoms with E-state index >= 15 is 0 Å². The molecule has 10 heavy (non-hydrogen) atoms. The van der Waals surface area contributed by atoms with Crippen LogP contribution in [0.1, 0.15) is 40.5 Å². The van der Waals surface area contributed by atoms with Crippen LogP contribution in [-0.4, -0.2) is 0 Å². The Morgan fingerprint density at radius 1 is 1.30 bits per heavy atom. The van der Waals surface area contributed by atoms with Gasteiger partial charge in [0.05, 0.1) is 0 Å². The van der Waals surface area contributed by atoms with Crippen LogP contribution >= 0.6 is 0 Å². The maximum atomic E-state index is 3.97. The summed E-state index contributed by atoms with van der Waals surface area (Å²) < 4.78 is 0. The van der Waals surface area contributed by atoms with Gasteiger partial charge in [-0.25, -0.2) is 0 Å². The summed E-state index contributed by atoms with van der Waals surface area (Å²) in [5, 5.41) is 0. The summed E-state index contributed by atoms with van der Waals surface area (Å²) in [5.74, 6) is 0. The van der Waals surface area contributed by atoms with Crippen molar-refractivity contribution in [1.29, 1.82) is 0 Å². The molecule has 0 aromatic rings. The molecule has 58 valence electrons. The van der Waals surface area contributed by atoms with E-state index in [1.54, 1.807) is 0 Å². The molecule has 0 saturated heterocycles. The van der Waals surface area contributed by atoms with Crippen LogP contribution in [0.2, 0.25) is 0 Å². The van der Waals surface area contributed by atoms with Crippen LogP contribution in [0.25, 0.3) is 0 Å². The predicted octanol–water partition coefficient (Wildman–Crippen LogP) is 3.39. The third-order valence-corrected chi connectivity index (χ3v) is 3.09. The molecule has 1 rings (SSSR count). The molecule has 0 aromatic heterocycles. The largest absolute Gasteiger partial charge is 0.0998 e. The van der Waals surface area contributed by atoms with Crippen molar-refractivity contribution in [2.75, 3.05) is 0 Å². The van der Waals surface area contributed by atoms with E-state index in [1.165, 1.54) is 18.4 Å². The molecular weight excluding hydrogens is 120 g/mol. The summed E-state index contributed by atoms with van der Waals surface area (Å²) in [5.41, 5.74) is 2.41. The first-order chi connectivity index (χ1) is 4.35. The Morgan fingerprint density at radius 2 is 1.70 bits per heavy atom. The van der Waals surface area contributed by atoms with Gasteiger partial charge < -0.3 is 0 Å². The smallest absolute Gasteiger partial charge is 0.0203 e. The van der Waals surface area contributed by atoms with Crippen LogP contribution in [-0.2, 0) is 0 Å². The quantitative estimate of drug-likeness (QED) is 0.450. The molecule has 0 heteroatoms. The van der Waals surface area contributed by atoms with E-state index < -0.39 is 0 Å². The third kappa shape index (κ3) is 1.00. The zero-order valence-corrected chi connectivity index (χ0v) is 7.62.